The lowest BCUT2D eigenvalue weighted by atomic mass is 10.1. The van der Waals surface area contributed by atoms with Crippen LogP contribution in [-0.4, -0.2) is 16.8 Å². The highest BCUT2D eigenvalue weighted by atomic mass is 32.1. The van der Waals surface area contributed by atoms with E-state index in [1.54, 1.807) is 25.3 Å². The number of hydrogen-bond acceptors (Lipinski definition) is 3. The predicted molar refractivity (Wildman–Crippen MR) is 92.9 cm³/mol. The second-order valence-corrected chi connectivity index (χ2v) is 5.54. The van der Waals surface area contributed by atoms with Gasteiger partial charge in [-0.2, -0.15) is 0 Å². The van der Waals surface area contributed by atoms with Gasteiger partial charge in [-0.05, 0) is 36.8 Å². The van der Waals surface area contributed by atoms with Crippen molar-refractivity contribution in [2.24, 2.45) is 0 Å². The lowest BCUT2D eigenvalue weighted by Crippen LogP contribution is -2.27. The van der Waals surface area contributed by atoms with E-state index in [2.05, 4.69) is 15.6 Å². The molecule has 1 heterocycles. The molecule has 2 amide bonds. The van der Waals surface area contributed by atoms with E-state index in [1.807, 2.05) is 31.2 Å². The number of aromatic amines is 1. The lowest BCUT2D eigenvalue weighted by Gasteiger charge is -2.15. The van der Waals surface area contributed by atoms with Crippen molar-refractivity contribution < 1.29 is 9.59 Å². The molecule has 120 valence electrons. The molecule has 1 atom stereocenters. The summed E-state index contributed by atoms with van der Waals surface area (Å²) in [5.74, 6) is -0.250. The van der Waals surface area contributed by atoms with Crippen LogP contribution in [0.5, 0.6) is 0 Å². The molecule has 5 nitrogen and oxygen atoms in total. The molecule has 3 N–H and O–H groups in total. The molecule has 1 aromatic carbocycles. The van der Waals surface area contributed by atoms with Crippen molar-refractivity contribution in [3.05, 3.63) is 58.4 Å². The van der Waals surface area contributed by atoms with Gasteiger partial charge in [-0.25, -0.2) is 0 Å². The first-order valence-electron chi connectivity index (χ1n) is 7.39. The second-order valence-electron chi connectivity index (χ2n) is 5.13. The number of H-pyrrole nitrogens is 1. The fraction of sp³-hybridized carbons (Fsp3) is 0.235. The van der Waals surface area contributed by atoms with Gasteiger partial charge in [0.05, 0.1) is 11.6 Å². The van der Waals surface area contributed by atoms with Crippen molar-refractivity contribution in [1.82, 2.24) is 10.3 Å². The summed E-state index contributed by atoms with van der Waals surface area (Å²) in [5, 5.41) is 5.70. The van der Waals surface area contributed by atoms with Crippen LogP contribution in [0, 0.1) is 4.64 Å². The number of hydrogen-bond donors (Lipinski definition) is 3. The Bertz CT molecular complexity index is 753. The van der Waals surface area contributed by atoms with Crippen molar-refractivity contribution >= 4 is 29.7 Å². The molecule has 0 aliphatic heterocycles. The van der Waals surface area contributed by atoms with Crippen LogP contribution in [-0.2, 0) is 4.79 Å². The molecule has 1 aromatic heterocycles. The van der Waals surface area contributed by atoms with E-state index in [1.165, 1.54) is 0 Å². The number of carbonyl (C=O) groups is 2. The summed E-state index contributed by atoms with van der Waals surface area (Å²) in [6.07, 6.45) is 2.12. The first-order chi connectivity index (χ1) is 11.0. The fourth-order valence-electron chi connectivity index (χ4n) is 2.06. The number of carbonyl (C=O) groups excluding carboxylic acids is 2. The van der Waals surface area contributed by atoms with Gasteiger partial charge >= 0.3 is 0 Å². The third-order valence-electron chi connectivity index (χ3n) is 3.43. The summed E-state index contributed by atoms with van der Waals surface area (Å²) in [5.41, 5.74) is 2.13. The van der Waals surface area contributed by atoms with E-state index in [9.17, 15) is 9.59 Å². The summed E-state index contributed by atoms with van der Waals surface area (Å²) >= 11 is 5.11. The van der Waals surface area contributed by atoms with Crippen LogP contribution in [0.25, 0.3) is 0 Å². The van der Waals surface area contributed by atoms with Crippen LogP contribution in [0.3, 0.4) is 0 Å². The average Bonchev–Trinajstić information content (AvgIpc) is 2.55. The monoisotopic (exact) mass is 329 g/mol. The number of rotatable bonds is 5. The Morgan fingerprint density at radius 2 is 1.91 bits per heavy atom. The summed E-state index contributed by atoms with van der Waals surface area (Å²) in [6, 6.07) is 10.6. The van der Waals surface area contributed by atoms with E-state index >= 15 is 0 Å². The van der Waals surface area contributed by atoms with Gasteiger partial charge in [0.1, 0.15) is 4.64 Å². The van der Waals surface area contributed by atoms with Crippen molar-refractivity contribution in [1.29, 1.82) is 0 Å². The molecule has 0 saturated carbocycles. The fourth-order valence-corrected chi connectivity index (χ4v) is 2.29. The quantitative estimate of drug-likeness (QED) is 0.734. The molecule has 0 fully saturated rings. The van der Waals surface area contributed by atoms with Crippen LogP contribution in [0.4, 0.5) is 5.69 Å². The number of anilines is 1. The van der Waals surface area contributed by atoms with Gasteiger partial charge in [0.2, 0.25) is 5.91 Å². The molecule has 0 saturated heterocycles. The van der Waals surface area contributed by atoms with Gasteiger partial charge in [0, 0.05) is 18.3 Å². The van der Waals surface area contributed by atoms with Crippen molar-refractivity contribution in [2.75, 3.05) is 5.32 Å². The molecule has 2 rings (SSSR count). The number of benzene rings is 1. The molecule has 6 heteroatoms. The molecule has 0 radical (unpaired) electrons. The molecule has 0 bridgehead atoms. The van der Waals surface area contributed by atoms with E-state index < -0.39 is 0 Å². The van der Waals surface area contributed by atoms with Gasteiger partial charge in [0.15, 0.2) is 0 Å². The lowest BCUT2D eigenvalue weighted by molar-refractivity contribution is -0.115. The number of aromatic nitrogens is 1. The summed E-state index contributed by atoms with van der Waals surface area (Å²) in [7, 11) is 0. The van der Waals surface area contributed by atoms with E-state index in [0.29, 0.717) is 16.6 Å². The minimum Gasteiger partial charge on any atom is -0.352 e. The maximum Gasteiger partial charge on any atom is 0.254 e. The maximum atomic E-state index is 12.2. The molecule has 0 spiro atoms. The normalized spacial score (nSPS) is 11.6. The van der Waals surface area contributed by atoms with Gasteiger partial charge in [0.25, 0.3) is 5.91 Å². The minimum absolute atomic E-state index is 0.0302. The smallest absolute Gasteiger partial charge is 0.254 e. The standard InChI is InChI=1S/C17H19N3O2S/c1-3-15(21)20-13-8-6-12(7-9-13)11(2)19-16(22)14-5-4-10-18-17(14)23/h4-11H,3H2,1-2H3,(H,18,23)(H,19,22)(H,20,21)/t11-/m1/s1. The largest absolute Gasteiger partial charge is 0.352 e. The van der Waals surface area contributed by atoms with Crippen LogP contribution in [0.2, 0.25) is 0 Å². The van der Waals surface area contributed by atoms with E-state index in [0.717, 1.165) is 11.3 Å². The zero-order valence-corrected chi connectivity index (χ0v) is 13.9. The summed E-state index contributed by atoms with van der Waals surface area (Å²) in [6.45, 7) is 3.70. The van der Waals surface area contributed by atoms with Crippen molar-refractivity contribution in [3.63, 3.8) is 0 Å². The van der Waals surface area contributed by atoms with Crippen LogP contribution >= 0.6 is 12.2 Å². The third kappa shape index (κ3) is 4.50. The van der Waals surface area contributed by atoms with Gasteiger partial charge in [-0.15, -0.1) is 0 Å². The highest BCUT2D eigenvalue weighted by Crippen LogP contribution is 2.17. The topological polar surface area (TPSA) is 74.0 Å². The van der Waals surface area contributed by atoms with Crippen LogP contribution in [0.1, 0.15) is 42.2 Å². The number of pyridine rings is 1. The van der Waals surface area contributed by atoms with E-state index in [4.69, 9.17) is 12.2 Å². The maximum absolute atomic E-state index is 12.2. The Hall–Kier alpha value is -2.47. The predicted octanol–water partition coefficient (Wildman–Crippen LogP) is 3.58. The Balaban J connectivity index is 2.04. The van der Waals surface area contributed by atoms with Gasteiger partial charge in [-0.1, -0.05) is 31.3 Å². The molecule has 0 unspecified atom stereocenters. The number of nitrogens with one attached hydrogen (secondary N) is 3. The Kier molecular flexibility index (Phi) is 5.65. The molecule has 0 aliphatic rings. The first-order valence-corrected chi connectivity index (χ1v) is 7.80. The first kappa shape index (κ1) is 16.9. The number of amides is 2. The molecule has 2 aromatic rings. The zero-order chi connectivity index (χ0) is 16.8. The van der Waals surface area contributed by atoms with Crippen LogP contribution < -0.4 is 10.6 Å². The Labute approximate surface area is 140 Å². The molecule has 23 heavy (non-hydrogen) atoms. The van der Waals surface area contributed by atoms with Crippen LogP contribution in [0.15, 0.2) is 42.6 Å². The van der Waals surface area contributed by atoms with Gasteiger partial charge < -0.3 is 15.6 Å². The van der Waals surface area contributed by atoms with Crippen molar-refractivity contribution in [3.8, 4) is 0 Å². The second kappa shape index (κ2) is 7.69. The van der Waals surface area contributed by atoms with Gasteiger partial charge in [-0.3, -0.25) is 9.59 Å². The molecular weight excluding hydrogens is 310 g/mol. The minimum atomic E-state index is -0.220. The summed E-state index contributed by atoms with van der Waals surface area (Å²) < 4.78 is 0.412. The SMILES string of the molecule is CCC(=O)Nc1ccc([C@@H](C)NC(=O)c2ccc[nH]c2=S)cc1. The highest BCUT2D eigenvalue weighted by Gasteiger charge is 2.12. The molecular formula is C17H19N3O2S. The average molecular weight is 329 g/mol. The Morgan fingerprint density at radius 1 is 1.22 bits per heavy atom. The van der Waals surface area contributed by atoms with Crippen molar-refractivity contribution in [2.45, 2.75) is 26.3 Å². The highest BCUT2D eigenvalue weighted by molar-refractivity contribution is 7.71. The third-order valence-corrected chi connectivity index (χ3v) is 3.76. The Morgan fingerprint density at radius 3 is 2.52 bits per heavy atom. The summed E-state index contributed by atoms with van der Waals surface area (Å²) in [4.78, 5) is 26.4. The molecule has 0 aliphatic carbocycles. The van der Waals surface area contributed by atoms with E-state index in [-0.39, 0.29) is 17.9 Å². The zero-order valence-electron chi connectivity index (χ0n) is 13.1.